The predicted molar refractivity (Wildman–Crippen MR) is 128 cm³/mol. The van der Waals surface area contributed by atoms with E-state index in [1.54, 1.807) is 25.1 Å². The van der Waals surface area contributed by atoms with Gasteiger partial charge in [-0.05, 0) is 62.4 Å². The van der Waals surface area contributed by atoms with Gasteiger partial charge in [0.05, 0.1) is 16.6 Å². The summed E-state index contributed by atoms with van der Waals surface area (Å²) in [7, 11) is 1.36. The molecule has 0 spiro atoms. The van der Waals surface area contributed by atoms with E-state index in [-0.39, 0.29) is 40.1 Å². The lowest BCUT2D eigenvalue weighted by Gasteiger charge is -2.34. The normalized spacial score (nSPS) is 22.8. The highest BCUT2D eigenvalue weighted by Crippen LogP contribution is 2.27. The molecule has 0 bridgehead atoms. The smallest absolute Gasteiger partial charge is 0.261 e. The first-order valence-corrected chi connectivity index (χ1v) is 12.5. The molecule has 0 aliphatic carbocycles. The van der Waals surface area contributed by atoms with Crippen LogP contribution in [0.3, 0.4) is 0 Å². The highest BCUT2D eigenvalue weighted by Gasteiger charge is 2.27. The van der Waals surface area contributed by atoms with Crippen molar-refractivity contribution < 1.29 is 27.1 Å². The van der Waals surface area contributed by atoms with Gasteiger partial charge in [0.15, 0.2) is 0 Å². The van der Waals surface area contributed by atoms with Crippen LogP contribution in [0.1, 0.15) is 24.2 Å². The van der Waals surface area contributed by atoms with Gasteiger partial charge in [0.25, 0.3) is 15.9 Å². The predicted octanol–water partition coefficient (Wildman–Crippen LogP) is 3.06. The summed E-state index contributed by atoms with van der Waals surface area (Å²) >= 11 is 0. The molecule has 34 heavy (non-hydrogen) atoms. The Kier molecular flexibility index (Phi) is 8.17. The van der Waals surface area contributed by atoms with Crippen molar-refractivity contribution in [3.63, 3.8) is 0 Å². The van der Waals surface area contributed by atoms with Gasteiger partial charge in [0.2, 0.25) is 0 Å². The fourth-order valence-electron chi connectivity index (χ4n) is 3.85. The zero-order valence-electron chi connectivity index (χ0n) is 20.1. The molecule has 186 valence electrons. The van der Waals surface area contributed by atoms with Crippen molar-refractivity contribution in [1.29, 1.82) is 0 Å². The van der Waals surface area contributed by atoms with Crippen molar-refractivity contribution in [3.8, 4) is 5.75 Å². The standard InChI is InChI=1S/C24H32FN3O5S/c1-16-13-27(3)17(2)15-33-22-11-8-19(12-21(22)24(29)28(4)14-23(16)32-5)26-34(30,31)20-9-6-18(25)7-10-20/h6-12,16-17,23,26H,13-15H2,1-5H3/t16-,17-,23-/m1/s1. The summed E-state index contributed by atoms with van der Waals surface area (Å²) in [6.07, 6.45) is -0.174. The zero-order chi connectivity index (χ0) is 25.0. The van der Waals surface area contributed by atoms with E-state index in [0.717, 1.165) is 18.7 Å². The van der Waals surface area contributed by atoms with E-state index in [9.17, 15) is 17.6 Å². The van der Waals surface area contributed by atoms with E-state index in [2.05, 4.69) is 16.5 Å². The van der Waals surface area contributed by atoms with Crippen molar-refractivity contribution in [2.24, 2.45) is 5.92 Å². The third-order valence-electron chi connectivity index (χ3n) is 6.13. The molecule has 0 aromatic heterocycles. The molecule has 8 nitrogen and oxygen atoms in total. The van der Waals surface area contributed by atoms with Gasteiger partial charge < -0.3 is 14.4 Å². The second-order valence-electron chi connectivity index (χ2n) is 8.81. The Morgan fingerprint density at radius 1 is 1.09 bits per heavy atom. The Morgan fingerprint density at radius 2 is 1.76 bits per heavy atom. The number of hydrogen-bond acceptors (Lipinski definition) is 6. The van der Waals surface area contributed by atoms with Crippen LogP contribution in [-0.4, -0.2) is 77.2 Å². The molecule has 0 saturated heterocycles. The molecule has 3 atom stereocenters. The van der Waals surface area contributed by atoms with Gasteiger partial charge in [-0.25, -0.2) is 12.8 Å². The number of methoxy groups -OCH3 is 1. The number of nitrogens with one attached hydrogen (secondary N) is 1. The van der Waals surface area contributed by atoms with Crippen LogP contribution in [0, 0.1) is 11.7 Å². The fraction of sp³-hybridized carbons (Fsp3) is 0.458. The van der Waals surface area contributed by atoms with E-state index >= 15 is 0 Å². The zero-order valence-corrected chi connectivity index (χ0v) is 20.9. The summed E-state index contributed by atoms with van der Waals surface area (Å²) in [6.45, 7) is 5.62. The largest absolute Gasteiger partial charge is 0.491 e. The minimum absolute atomic E-state index is 0.0803. The lowest BCUT2D eigenvalue weighted by Crippen LogP contribution is -2.45. The van der Waals surface area contributed by atoms with Crippen LogP contribution >= 0.6 is 0 Å². The molecule has 2 aromatic rings. The number of ether oxygens (including phenoxy) is 2. The molecule has 0 unspecified atom stereocenters. The van der Waals surface area contributed by atoms with Crippen LogP contribution in [0.25, 0.3) is 0 Å². The van der Waals surface area contributed by atoms with Crippen molar-refractivity contribution >= 4 is 21.6 Å². The lowest BCUT2D eigenvalue weighted by molar-refractivity contribution is 0.0150. The first kappa shape index (κ1) is 25.9. The van der Waals surface area contributed by atoms with Crippen LogP contribution in [-0.2, 0) is 14.8 Å². The third kappa shape index (κ3) is 6.05. The summed E-state index contributed by atoms with van der Waals surface area (Å²) in [5, 5.41) is 0. The lowest BCUT2D eigenvalue weighted by atomic mass is 10.0. The quantitative estimate of drug-likeness (QED) is 0.705. The van der Waals surface area contributed by atoms with Crippen LogP contribution in [0.2, 0.25) is 0 Å². The number of benzene rings is 2. The van der Waals surface area contributed by atoms with E-state index < -0.39 is 15.8 Å². The number of anilines is 1. The monoisotopic (exact) mass is 493 g/mol. The fourth-order valence-corrected chi connectivity index (χ4v) is 4.90. The highest BCUT2D eigenvalue weighted by atomic mass is 32.2. The van der Waals surface area contributed by atoms with Crippen molar-refractivity contribution in [2.75, 3.05) is 45.6 Å². The van der Waals surface area contributed by atoms with Gasteiger partial charge in [-0.2, -0.15) is 0 Å². The molecule has 0 fully saturated rings. The van der Waals surface area contributed by atoms with E-state index in [1.165, 1.54) is 24.3 Å². The Hall–Kier alpha value is -2.69. The van der Waals surface area contributed by atoms with Gasteiger partial charge in [-0.15, -0.1) is 0 Å². The Labute approximate surface area is 200 Å². The molecule has 1 aliphatic heterocycles. The van der Waals surface area contributed by atoms with Crippen molar-refractivity contribution in [2.45, 2.75) is 30.9 Å². The SMILES string of the molecule is CO[C@@H]1CN(C)C(=O)c2cc(NS(=O)(=O)c3ccc(F)cc3)ccc2OC[C@@H](C)N(C)C[C@H]1C. The summed E-state index contributed by atoms with van der Waals surface area (Å²) in [5.74, 6) is -0.313. The maximum Gasteiger partial charge on any atom is 0.261 e. The Balaban J connectivity index is 1.95. The number of sulfonamides is 1. The average molecular weight is 494 g/mol. The van der Waals surface area contributed by atoms with Crippen LogP contribution in [0.15, 0.2) is 47.4 Å². The van der Waals surface area contributed by atoms with Crippen LogP contribution in [0.4, 0.5) is 10.1 Å². The third-order valence-corrected chi connectivity index (χ3v) is 7.53. The topological polar surface area (TPSA) is 88.2 Å². The number of carbonyl (C=O) groups excluding carboxylic acids is 1. The van der Waals surface area contributed by atoms with E-state index in [4.69, 9.17) is 9.47 Å². The average Bonchev–Trinajstić information content (AvgIpc) is 2.80. The molecular weight excluding hydrogens is 461 g/mol. The van der Waals surface area contributed by atoms with Gasteiger partial charge in [-0.1, -0.05) is 6.92 Å². The first-order chi connectivity index (χ1) is 16.0. The number of likely N-dealkylation sites (N-methyl/N-ethyl adjacent to an activating group) is 2. The van der Waals surface area contributed by atoms with Crippen molar-refractivity contribution in [1.82, 2.24) is 9.80 Å². The van der Waals surface area contributed by atoms with Gasteiger partial charge in [0, 0.05) is 39.0 Å². The number of halogens is 1. The minimum atomic E-state index is -3.97. The molecule has 0 saturated carbocycles. The molecule has 1 amide bonds. The maximum absolute atomic E-state index is 13.4. The highest BCUT2D eigenvalue weighted by molar-refractivity contribution is 7.92. The molecule has 2 aromatic carbocycles. The molecule has 1 aliphatic rings. The molecule has 1 N–H and O–H groups in total. The Bertz CT molecular complexity index is 1110. The van der Waals surface area contributed by atoms with Gasteiger partial charge in [0.1, 0.15) is 18.2 Å². The van der Waals surface area contributed by atoms with E-state index in [0.29, 0.717) is 18.9 Å². The Morgan fingerprint density at radius 3 is 2.41 bits per heavy atom. The first-order valence-electron chi connectivity index (χ1n) is 11.1. The summed E-state index contributed by atoms with van der Waals surface area (Å²) in [4.78, 5) is 17.0. The van der Waals surface area contributed by atoms with Crippen molar-refractivity contribution in [3.05, 3.63) is 53.8 Å². The number of fused-ring (bicyclic) bond motifs is 1. The number of rotatable bonds is 4. The number of nitrogens with zero attached hydrogens (tertiary/aromatic N) is 2. The second kappa shape index (κ2) is 10.7. The van der Waals surface area contributed by atoms with Gasteiger partial charge in [-0.3, -0.25) is 14.4 Å². The molecule has 3 rings (SSSR count). The number of amides is 1. The van der Waals surface area contributed by atoms with Crippen LogP contribution < -0.4 is 9.46 Å². The van der Waals surface area contributed by atoms with Crippen LogP contribution in [0.5, 0.6) is 5.75 Å². The summed E-state index contributed by atoms with van der Waals surface area (Å²) < 4.78 is 52.8. The molecule has 10 heteroatoms. The van der Waals surface area contributed by atoms with Gasteiger partial charge >= 0.3 is 0 Å². The molecule has 0 radical (unpaired) electrons. The molecule has 1 heterocycles. The molecular formula is C24H32FN3O5S. The maximum atomic E-state index is 13.4. The minimum Gasteiger partial charge on any atom is -0.491 e. The second-order valence-corrected chi connectivity index (χ2v) is 10.5. The summed E-state index contributed by atoms with van der Waals surface area (Å²) in [6, 6.07) is 9.16. The summed E-state index contributed by atoms with van der Waals surface area (Å²) in [5.41, 5.74) is 0.432. The van der Waals surface area contributed by atoms with E-state index in [1.807, 2.05) is 14.0 Å². The number of carbonyl (C=O) groups is 1. The number of hydrogen-bond donors (Lipinski definition) is 1.